The zero-order chi connectivity index (χ0) is 36.8. The predicted molar refractivity (Wildman–Crippen MR) is 195 cm³/mol. The van der Waals surface area contributed by atoms with Crippen molar-refractivity contribution in [2.45, 2.75) is 65.6 Å². The van der Waals surface area contributed by atoms with Gasteiger partial charge < -0.3 is 35.6 Å². The second-order valence-corrected chi connectivity index (χ2v) is 14.2. The normalized spacial score (nSPS) is 14.8. The maximum Gasteiger partial charge on any atom is 0.251 e. The molecule has 51 heavy (non-hydrogen) atoms. The molecule has 0 aliphatic carbocycles. The number of aromatic nitrogens is 1. The van der Waals surface area contributed by atoms with Crippen LogP contribution in [0.5, 0.6) is 0 Å². The molecule has 2 heterocycles. The number of amides is 5. The number of carbonyl (C=O) groups excluding carboxylic acids is 5. The summed E-state index contributed by atoms with van der Waals surface area (Å²) in [4.78, 5) is 69.7. The Morgan fingerprint density at radius 1 is 0.980 bits per heavy atom. The first kappa shape index (κ1) is 39.1. The smallest absolute Gasteiger partial charge is 0.251 e. The molecule has 0 bridgehead atoms. The summed E-state index contributed by atoms with van der Waals surface area (Å²) in [6.07, 6.45) is 1.89. The van der Waals surface area contributed by atoms with Crippen molar-refractivity contribution >= 4 is 47.1 Å². The van der Waals surface area contributed by atoms with Crippen LogP contribution in [0.15, 0.2) is 54.0 Å². The Labute approximate surface area is 302 Å². The van der Waals surface area contributed by atoms with E-state index in [9.17, 15) is 24.0 Å². The zero-order valence-corrected chi connectivity index (χ0v) is 30.5. The van der Waals surface area contributed by atoms with Gasteiger partial charge in [0.2, 0.25) is 24.1 Å². The minimum atomic E-state index is -0.814. The fourth-order valence-corrected chi connectivity index (χ4v) is 6.43. The first-order valence-corrected chi connectivity index (χ1v) is 18.0. The molecule has 0 radical (unpaired) electrons. The molecule has 2 atom stereocenters. The minimum absolute atomic E-state index is 0.0579. The van der Waals surface area contributed by atoms with Crippen LogP contribution < -0.4 is 21.3 Å². The van der Waals surface area contributed by atoms with Crippen LogP contribution in [0.4, 0.5) is 5.69 Å². The van der Waals surface area contributed by atoms with E-state index in [4.69, 9.17) is 9.47 Å². The lowest BCUT2D eigenvalue weighted by atomic mass is 9.85. The van der Waals surface area contributed by atoms with Crippen LogP contribution in [0.3, 0.4) is 0 Å². The van der Waals surface area contributed by atoms with Crippen molar-refractivity contribution in [1.29, 1.82) is 0 Å². The van der Waals surface area contributed by atoms with Crippen molar-refractivity contribution in [3.05, 3.63) is 70.9 Å². The number of nitrogens with one attached hydrogen (secondary N) is 4. The summed E-state index contributed by atoms with van der Waals surface area (Å²) in [6.45, 7) is 9.70. The van der Waals surface area contributed by atoms with Gasteiger partial charge in [0.1, 0.15) is 12.1 Å². The molecule has 13 nitrogen and oxygen atoms in total. The van der Waals surface area contributed by atoms with E-state index in [1.807, 2.05) is 57.5 Å². The van der Waals surface area contributed by atoms with Gasteiger partial charge in [-0.15, -0.1) is 11.3 Å². The molecule has 1 unspecified atom stereocenters. The monoisotopic (exact) mass is 720 g/mol. The van der Waals surface area contributed by atoms with E-state index in [1.165, 1.54) is 0 Å². The molecular weight excluding hydrogens is 673 g/mol. The molecule has 2 aromatic carbocycles. The molecule has 4 N–H and O–H groups in total. The summed E-state index contributed by atoms with van der Waals surface area (Å²) in [6, 6.07) is 13.1. The van der Waals surface area contributed by atoms with Gasteiger partial charge in [0, 0.05) is 37.3 Å². The molecule has 1 fully saturated rings. The third kappa shape index (κ3) is 11.7. The summed E-state index contributed by atoms with van der Waals surface area (Å²) < 4.78 is 11.0. The lowest BCUT2D eigenvalue weighted by Gasteiger charge is -2.35. The maximum absolute atomic E-state index is 13.8. The molecule has 0 saturated carbocycles. The van der Waals surface area contributed by atoms with E-state index < -0.39 is 17.5 Å². The second kappa shape index (κ2) is 19.1. The van der Waals surface area contributed by atoms with Gasteiger partial charge in [-0.1, -0.05) is 45.0 Å². The molecule has 14 heteroatoms. The number of thiazole rings is 1. The summed E-state index contributed by atoms with van der Waals surface area (Å²) in [5, 5.41) is 11.1. The molecule has 1 aliphatic rings. The Kier molecular flexibility index (Phi) is 14.6. The Balaban J connectivity index is 1.14. The lowest BCUT2D eigenvalue weighted by Crippen LogP contribution is -2.57. The summed E-state index contributed by atoms with van der Waals surface area (Å²) in [5.74, 6) is -1.06. The Morgan fingerprint density at radius 3 is 2.33 bits per heavy atom. The molecule has 5 amide bonds. The number of likely N-dealkylation sites (tertiary alicyclic amines) is 1. The molecule has 3 aromatic rings. The van der Waals surface area contributed by atoms with Crippen LogP contribution >= 0.6 is 11.3 Å². The number of rotatable bonds is 18. The van der Waals surface area contributed by atoms with E-state index in [1.54, 1.807) is 40.5 Å². The minimum Gasteiger partial charge on any atom is -0.379 e. The van der Waals surface area contributed by atoms with E-state index in [0.717, 1.165) is 21.7 Å². The SMILES string of the molecule is Cc1ncsc1-c1ccc(CNC(=O)[C@@H]2CCCN2C(=O)C(NC(=O)CCOCCOCCNC(=O)c2ccc(NC=O)cc2)C(C)(C)C)cc1. The highest BCUT2D eigenvalue weighted by atomic mass is 32.1. The van der Waals surface area contributed by atoms with E-state index in [-0.39, 0.29) is 56.5 Å². The van der Waals surface area contributed by atoms with Gasteiger partial charge in [-0.3, -0.25) is 24.0 Å². The molecule has 1 aliphatic heterocycles. The van der Waals surface area contributed by atoms with Gasteiger partial charge in [-0.2, -0.15) is 0 Å². The summed E-state index contributed by atoms with van der Waals surface area (Å²) in [5.41, 5.74) is 5.32. The molecule has 1 aromatic heterocycles. The van der Waals surface area contributed by atoms with Gasteiger partial charge in [-0.25, -0.2) is 4.98 Å². The molecule has 274 valence electrons. The van der Waals surface area contributed by atoms with Crippen LogP contribution in [-0.2, 0) is 35.2 Å². The number of hydrogen-bond donors (Lipinski definition) is 4. The Bertz CT molecular complexity index is 1620. The van der Waals surface area contributed by atoms with Crippen molar-refractivity contribution in [3.63, 3.8) is 0 Å². The summed E-state index contributed by atoms with van der Waals surface area (Å²) >= 11 is 1.59. The maximum atomic E-state index is 13.8. The van der Waals surface area contributed by atoms with Crippen molar-refractivity contribution in [2.24, 2.45) is 5.41 Å². The second-order valence-electron chi connectivity index (χ2n) is 13.3. The highest BCUT2D eigenvalue weighted by molar-refractivity contribution is 7.13. The lowest BCUT2D eigenvalue weighted by molar-refractivity contribution is -0.144. The fourth-order valence-electron chi connectivity index (χ4n) is 5.62. The number of anilines is 1. The van der Waals surface area contributed by atoms with Crippen molar-refractivity contribution in [1.82, 2.24) is 25.8 Å². The number of hydrogen-bond acceptors (Lipinski definition) is 9. The number of benzene rings is 2. The van der Waals surface area contributed by atoms with Gasteiger partial charge in [0.15, 0.2) is 0 Å². The summed E-state index contributed by atoms with van der Waals surface area (Å²) in [7, 11) is 0. The first-order valence-electron chi connectivity index (χ1n) is 17.1. The molecule has 0 spiro atoms. The van der Waals surface area contributed by atoms with Crippen LogP contribution in [-0.4, -0.2) is 91.5 Å². The molecule has 1 saturated heterocycles. The number of nitrogens with zero attached hydrogens (tertiary/aromatic N) is 2. The van der Waals surface area contributed by atoms with E-state index >= 15 is 0 Å². The van der Waals surface area contributed by atoms with Gasteiger partial charge in [0.05, 0.1) is 42.5 Å². The highest BCUT2D eigenvalue weighted by Crippen LogP contribution is 2.28. The van der Waals surface area contributed by atoms with Gasteiger partial charge >= 0.3 is 0 Å². The quantitative estimate of drug-likeness (QED) is 0.114. The third-order valence-electron chi connectivity index (χ3n) is 8.44. The van der Waals surface area contributed by atoms with Crippen LogP contribution in [0.2, 0.25) is 0 Å². The third-order valence-corrected chi connectivity index (χ3v) is 9.41. The largest absolute Gasteiger partial charge is 0.379 e. The van der Waals surface area contributed by atoms with Crippen molar-refractivity contribution in [2.75, 3.05) is 44.8 Å². The first-order chi connectivity index (χ1) is 24.5. The number of aryl methyl sites for hydroxylation is 1. The number of ether oxygens (including phenoxy) is 2. The van der Waals surface area contributed by atoms with Crippen LogP contribution in [0, 0.1) is 12.3 Å². The fraction of sp³-hybridized carbons (Fsp3) is 0.459. The van der Waals surface area contributed by atoms with Crippen LogP contribution in [0.25, 0.3) is 10.4 Å². The average molecular weight is 721 g/mol. The van der Waals surface area contributed by atoms with Crippen molar-refractivity contribution < 1.29 is 33.4 Å². The molecular formula is C37H48N6O7S. The predicted octanol–water partition coefficient (Wildman–Crippen LogP) is 3.68. The van der Waals surface area contributed by atoms with Gasteiger partial charge in [0.25, 0.3) is 5.91 Å². The topological polar surface area (TPSA) is 168 Å². The zero-order valence-electron chi connectivity index (χ0n) is 29.7. The Morgan fingerprint density at radius 2 is 1.69 bits per heavy atom. The van der Waals surface area contributed by atoms with E-state index in [0.29, 0.717) is 50.1 Å². The average Bonchev–Trinajstić information content (AvgIpc) is 3.78. The standard InChI is InChI=1S/C37H48N6O7S/c1-25-32(51-24-41-25)27-9-7-26(8-10-27)22-39-35(47)30-6-5-17-43(30)36(48)33(37(2,3)4)42-31(45)15-18-49-20-21-50-19-16-38-34(46)28-11-13-29(14-12-28)40-23-44/h7-14,23-24,30,33H,5-6,15-22H2,1-4H3,(H,38,46)(H,39,47)(H,40,44)(H,42,45)/t30-,33?/m0/s1. The van der Waals surface area contributed by atoms with E-state index in [2.05, 4.69) is 26.3 Å². The van der Waals surface area contributed by atoms with Gasteiger partial charge in [-0.05, 0) is 60.6 Å². The molecule has 4 rings (SSSR count). The van der Waals surface area contributed by atoms with Crippen molar-refractivity contribution in [3.8, 4) is 10.4 Å². The number of carbonyl (C=O) groups is 5. The highest BCUT2D eigenvalue weighted by Gasteiger charge is 2.41. The van der Waals surface area contributed by atoms with Crippen LogP contribution in [0.1, 0.15) is 61.6 Å². The Hall–Kier alpha value is -4.66.